The van der Waals surface area contributed by atoms with E-state index in [4.69, 9.17) is 10.5 Å². The second kappa shape index (κ2) is 9.71. The SMILES string of the molecule is COc1ccc(CSCC(=O)N2CCC(N)CC2)cc1[N+](=O)[O-].Cl. The van der Waals surface area contributed by atoms with E-state index in [1.54, 1.807) is 12.1 Å². The molecule has 0 saturated carbocycles. The second-order valence-corrected chi connectivity index (χ2v) is 6.46. The van der Waals surface area contributed by atoms with Gasteiger partial charge in [0.1, 0.15) is 0 Å². The number of hydrogen-bond acceptors (Lipinski definition) is 6. The summed E-state index contributed by atoms with van der Waals surface area (Å²) in [6.45, 7) is 1.43. The third-order valence-electron chi connectivity index (χ3n) is 3.83. The molecule has 1 fully saturated rings. The molecule has 0 radical (unpaired) electrons. The van der Waals surface area contributed by atoms with Gasteiger partial charge in [-0.05, 0) is 24.5 Å². The molecule has 7 nitrogen and oxygen atoms in total. The Balaban J connectivity index is 0.00000288. The number of benzene rings is 1. The molecule has 24 heavy (non-hydrogen) atoms. The number of carbonyl (C=O) groups is 1. The number of thioether (sulfide) groups is 1. The van der Waals surface area contributed by atoms with Crippen LogP contribution in [0.5, 0.6) is 5.75 Å². The number of rotatable bonds is 6. The third kappa shape index (κ3) is 5.54. The van der Waals surface area contributed by atoms with Crippen molar-refractivity contribution in [1.29, 1.82) is 0 Å². The molecular weight excluding hydrogens is 354 g/mol. The maximum atomic E-state index is 12.1. The van der Waals surface area contributed by atoms with Gasteiger partial charge in [-0.15, -0.1) is 24.2 Å². The summed E-state index contributed by atoms with van der Waals surface area (Å²) in [5.41, 5.74) is 6.58. The molecule has 2 N–H and O–H groups in total. The molecule has 1 aliphatic rings. The fraction of sp³-hybridized carbons (Fsp3) is 0.533. The van der Waals surface area contributed by atoms with Crippen LogP contribution < -0.4 is 10.5 Å². The lowest BCUT2D eigenvalue weighted by Gasteiger charge is -2.30. The second-order valence-electron chi connectivity index (χ2n) is 5.47. The van der Waals surface area contributed by atoms with E-state index in [0.29, 0.717) is 24.6 Å². The van der Waals surface area contributed by atoms with Crippen LogP contribution in [0, 0.1) is 10.1 Å². The zero-order valence-electron chi connectivity index (χ0n) is 13.5. The van der Waals surface area contributed by atoms with E-state index in [1.807, 2.05) is 4.90 Å². The molecule has 0 atom stereocenters. The molecule has 1 aromatic carbocycles. The van der Waals surface area contributed by atoms with Crippen molar-refractivity contribution in [3.05, 3.63) is 33.9 Å². The summed E-state index contributed by atoms with van der Waals surface area (Å²) in [4.78, 5) is 24.5. The van der Waals surface area contributed by atoms with Crippen molar-refractivity contribution < 1.29 is 14.5 Å². The molecule has 0 aliphatic carbocycles. The van der Waals surface area contributed by atoms with Crippen molar-refractivity contribution in [3.8, 4) is 5.75 Å². The summed E-state index contributed by atoms with van der Waals surface area (Å²) in [6, 6.07) is 5.06. The number of nitro benzene ring substituents is 1. The van der Waals surface area contributed by atoms with Crippen molar-refractivity contribution in [1.82, 2.24) is 4.90 Å². The third-order valence-corrected chi connectivity index (χ3v) is 4.82. The molecule has 9 heteroatoms. The van der Waals surface area contributed by atoms with Gasteiger partial charge in [0.05, 0.1) is 17.8 Å². The van der Waals surface area contributed by atoms with Gasteiger partial charge in [-0.1, -0.05) is 6.07 Å². The molecule has 0 unspecified atom stereocenters. The van der Waals surface area contributed by atoms with E-state index < -0.39 is 4.92 Å². The molecule has 1 aromatic rings. The highest BCUT2D eigenvalue weighted by molar-refractivity contribution is 7.99. The Morgan fingerprint density at radius 2 is 2.12 bits per heavy atom. The molecule has 0 bridgehead atoms. The van der Waals surface area contributed by atoms with Crippen LogP contribution in [0.4, 0.5) is 5.69 Å². The van der Waals surface area contributed by atoms with E-state index in [9.17, 15) is 14.9 Å². The fourth-order valence-corrected chi connectivity index (χ4v) is 3.34. The summed E-state index contributed by atoms with van der Waals surface area (Å²) < 4.78 is 4.97. The molecule has 1 heterocycles. The number of halogens is 1. The highest BCUT2D eigenvalue weighted by Crippen LogP contribution is 2.29. The van der Waals surface area contributed by atoms with E-state index in [-0.39, 0.29) is 35.8 Å². The van der Waals surface area contributed by atoms with Gasteiger partial charge >= 0.3 is 5.69 Å². The molecule has 0 aromatic heterocycles. The topological polar surface area (TPSA) is 98.7 Å². The van der Waals surface area contributed by atoms with Crippen LogP contribution in [0.3, 0.4) is 0 Å². The highest BCUT2D eigenvalue weighted by Gasteiger charge is 2.20. The number of nitro groups is 1. The van der Waals surface area contributed by atoms with E-state index in [1.165, 1.54) is 24.9 Å². The largest absolute Gasteiger partial charge is 0.490 e. The molecule has 1 amide bonds. The normalized spacial score (nSPS) is 14.8. The molecule has 0 spiro atoms. The summed E-state index contributed by atoms with van der Waals surface area (Å²) in [5, 5.41) is 11.0. The van der Waals surface area contributed by atoms with Gasteiger partial charge in [0.25, 0.3) is 0 Å². The summed E-state index contributed by atoms with van der Waals surface area (Å²) in [5.74, 6) is 1.26. The predicted octanol–water partition coefficient (Wildman–Crippen LogP) is 2.21. The Morgan fingerprint density at radius 1 is 1.46 bits per heavy atom. The lowest BCUT2D eigenvalue weighted by Crippen LogP contribution is -2.43. The van der Waals surface area contributed by atoms with Gasteiger partial charge in [-0.3, -0.25) is 14.9 Å². The lowest BCUT2D eigenvalue weighted by atomic mass is 10.1. The highest BCUT2D eigenvalue weighted by atomic mass is 35.5. The average Bonchev–Trinajstić information content (AvgIpc) is 2.55. The first-order valence-corrected chi connectivity index (χ1v) is 8.59. The summed E-state index contributed by atoms with van der Waals surface area (Å²) in [6.07, 6.45) is 1.70. The summed E-state index contributed by atoms with van der Waals surface area (Å²) >= 11 is 1.46. The number of nitrogens with two attached hydrogens (primary N) is 1. The van der Waals surface area contributed by atoms with Crippen LogP contribution in [-0.4, -0.2) is 47.7 Å². The van der Waals surface area contributed by atoms with Crippen LogP contribution in [-0.2, 0) is 10.5 Å². The Bertz CT molecular complexity index is 580. The van der Waals surface area contributed by atoms with E-state index in [0.717, 1.165) is 18.4 Å². The van der Waals surface area contributed by atoms with Gasteiger partial charge in [-0.2, -0.15) is 0 Å². The minimum atomic E-state index is -0.463. The van der Waals surface area contributed by atoms with Crippen molar-refractivity contribution in [3.63, 3.8) is 0 Å². The number of carbonyl (C=O) groups excluding carboxylic acids is 1. The number of ether oxygens (including phenoxy) is 1. The molecular formula is C15H22ClN3O4S. The quantitative estimate of drug-likeness (QED) is 0.604. The monoisotopic (exact) mass is 375 g/mol. The zero-order valence-corrected chi connectivity index (χ0v) is 15.1. The molecule has 134 valence electrons. The Hall–Kier alpha value is -1.51. The zero-order chi connectivity index (χ0) is 16.8. The first-order valence-electron chi connectivity index (χ1n) is 7.43. The smallest absolute Gasteiger partial charge is 0.311 e. The predicted molar refractivity (Wildman–Crippen MR) is 96.8 cm³/mol. The van der Waals surface area contributed by atoms with Crippen molar-refractivity contribution in [2.75, 3.05) is 26.0 Å². The van der Waals surface area contributed by atoms with Crippen LogP contribution in [0.25, 0.3) is 0 Å². The number of hydrogen-bond donors (Lipinski definition) is 1. The van der Waals surface area contributed by atoms with Crippen LogP contribution >= 0.6 is 24.2 Å². The molecule has 1 saturated heterocycles. The number of amides is 1. The van der Waals surface area contributed by atoms with Crippen molar-refractivity contribution in [2.24, 2.45) is 5.73 Å². The van der Waals surface area contributed by atoms with Crippen molar-refractivity contribution >= 4 is 35.8 Å². The Labute approximate surface area is 151 Å². The van der Waals surface area contributed by atoms with Gasteiger partial charge in [0.2, 0.25) is 5.91 Å². The van der Waals surface area contributed by atoms with E-state index >= 15 is 0 Å². The number of methoxy groups -OCH3 is 1. The maximum absolute atomic E-state index is 12.1. The van der Waals surface area contributed by atoms with Crippen LogP contribution in [0.15, 0.2) is 18.2 Å². The van der Waals surface area contributed by atoms with Gasteiger partial charge in [0.15, 0.2) is 5.75 Å². The van der Waals surface area contributed by atoms with Crippen molar-refractivity contribution in [2.45, 2.75) is 24.6 Å². The number of likely N-dealkylation sites (tertiary alicyclic amines) is 1. The Kier molecular flexibility index (Phi) is 8.30. The number of nitrogens with zero attached hydrogens (tertiary/aromatic N) is 2. The Morgan fingerprint density at radius 3 is 2.71 bits per heavy atom. The lowest BCUT2D eigenvalue weighted by molar-refractivity contribution is -0.385. The molecule has 2 rings (SSSR count). The molecule has 1 aliphatic heterocycles. The van der Waals surface area contributed by atoms with Crippen LogP contribution in [0.2, 0.25) is 0 Å². The minimum Gasteiger partial charge on any atom is -0.490 e. The maximum Gasteiger partial charge on any atom is 0.311 e. The van der Waals surface area contributed by atoms with Crippen LogP contribution in [0.1, 0.15) is 18.4 Å². The first kappa shape index (κ1) is 20.5. The number of piperidine rings is 1. The fourth-order valence-electron chi connectivity index (χ4n) is 2.46. The standard InChI is InChI=1S/C15H21N3O4S.ClH/c1-22-14-3-2-11(8-13(14)18(20)21)9-23-10-15(19)17-6-4-12(16)5-7-17;/h2-3,8,12H,4-7,9-10,16H2,1H3;1H. The minimum absolute atomic E-state index is 0. The summed E-state index contributed by atoms with van der Waals surface area (Å²) in [7, 11) is 1.40. The first-order chi connectivity index (χ1) is 11.0. The average molecular weight is 376 g/mol. The van der Waals surface area contributed by atoms with Gasteiger partial charge in [-0.25, -0.2) is 0 Å². The van der Waals surface area contributed by atoms with E-state index in [2.05, 4.69) is 0 Å². The van der Waals surface area contributed by atoms with Gasteiger partial charge in [0, 0.05) is 31.0 Å². The van der Waals surface area contributed by atoms with Gasteiger partial charge < -0.3 is 15.4 Å².